The van der Waals surface area contributed by atoms with Crippen LogP contribution in [-0.2, 0) is 9.59 Å². The predicted molar refractivity (Wildman–Crippen MR) is 77.3 cm³/mol. The second kappa shape index (κ2) is 6.15. The molecule has 2 aliphatic carbocycles. The standard InChI is InChI=1S/C16H27NO3/c1-11(2)12-4-6-13(7-5-12)17-14(18)10-16(15(19)20)8-3-9-16/h11-13H,3-10H2,1-2H3,(H,17,18)(H,19,20). The van der Waals surface area contributed by atoms with E-state index < -0.39 is 11.4 Å². The summed E-state index contributed by atoms with van der Waals surface area (Å²) in [7, 11) is 0. The SMILES string of the molecule is CC(C)C1CCC(NC(=O)CC2(C(=O)O)CCC2)CC1. The van der Waals surface area contributed by atoms with Crippen LogP contribution in [0.4, 0.5) is 0 Å². The maximum Gasteiger partial charge on any atom is 0.310 e. The Bertz CT molecular complexity index is 366. The maximum absolute atomic E-state index is 12.1. The smallest absolute Gasteiger partial charge is 0.310 e. The minimum absolute atomic E-state index is 0.0694. The fraction of sp³-hybridized carbons (Fsp3) is 0.875. The van der Waals surface area contributed by atoms with Gasteiger partial charge in [0.2, 0.25) is 5.91 Å². The van der Waals surface area contributed by atoms with Crippen LogP contribution in [0, 0.1) is 17.3 Å². The molecule has 20 heavy (non-hydrogen) atoms. The summed E-state index contributed by atoms with van der Waals surface area (Å²) in [6.45, 7) is 4.52. The first-order valence-corrected chi connectivity index (χ1v) is 7.96. The van der Waals surface area contributed by atoms with Gasteiger partial charge in [-0.3, -0.25) is 9.59 Å². The Balaban J connectivity index is 1.77. The number of amides is 1. The van der Waals surface area contributed by atoms with Gasteiger partial charge in [-0.25, -0.2) is 0 Å². The monoisotopic (exact) mass is 281 g/mol. The summed E-state index contributed by atoms with van der Waals surface area (Å²) in [6.07, 6.45) is 6.81. The molecule has 0 unspecified atom stereocenters. The number of nitrogens with one attached hydrogen (secondary N) is 1. The van der Waals surface area contributed by atoms with Gasteiger partial charge >= 0.3 is 5.97 Å². The van der Waals surface area contributed by atoms with Crippen LogP contribution >= 0.6 is 0 Å². The molecule has 0 bridgehead atoms. The van der Waals surface area contributed by atoms with E-state index in [0.717, 1.165) is 31.1 Å². The summed E-state index contributed by atoms with van der Waals surface area (Å²) in [5.41, 5.74) is -0.765. The minimum Gasteiger partial charge on any atom is -0.481 e. The van der Waals surface area contributed by atoms with Crippen LogP contribution in [0.3, 0.4) is 0 Å². The van der Waals surface area contributed by atoms with Crippen LogP contribution in [-0.4, -0.2) is 23.0 Å². The quantitative estimate of drug-likeness (QED) is 0.814. The van der Waals surface area contributed by atoms with Crippen molar-refractivity contribution in [3.8, 4) is 0 Å². The van der Waals surface area contributed by atoms with Crippen molar-refractivity contribution in [3.05, 3.63) is 0 Å². The third kappa shape index (κ3) is 3.33. The lowest BCUT2D eigenvalue weighted by atomic mass is 9.66. The molecule has 0 atom stereocenters. The van der Waals surface area contributed by atoms with Gasteiger partial charge < -0.3 is 10.4 Å². The molecule has 0 radical (unpaired) electrons. The molecule has 0 heterocycles. The average Bonchev–Trinajstić information content (AvgIpc) is 2.34. The Kier molecular flexibility index (Phi) is 4.71. The van der Waals surface area contributed by atoms with Crippen molar-refractivity contribution >= 4 is 11.9 Å². The van der Waals surface area contributed by atoms with E-state index in [-0.39, 0.29) is 18.4 Å². The molecular weight excluding hydrogens is 254 g/mol. The molecule has 0 aliphatic heterocycles. The second-order valence-electron chi connectivity index (χ2n) is 7.04. The van der Waals surface area contributed by atoms with Gasteiger partial charge in [-0.2, -0.15) is 0 Å². The van der Waals surface area contributed by atoms with Gasteiger partial charge in [0.1, 0.15) is 0 Å². The van der Waals surface area contributed by atoms with E-state index in [1.54, 1.807) is 0 Å². The molecular formula is C16H27NO3. The summed E-state index contributed by atoms with van der Waals surface area (Å²) in [6, 6.07) is 0.253. The zero-order chi connectivity index (χ0) is 14.8. The summed E-state index contributed by atoms with van der Waals surface area (Å²) in [5.74, 6) is 0.625. The topological polar surface area (TPSA) is 66.4 Å². The second-order valence-corrected chi connectivity index (χ2v) is 7.04. The van der Waals surface area contributed by atoms with E-state index in [0.29, 0.717) is 12.8 Å². The first-order chi connectivity index (χ1) is 9.43. The van der Waals surface area contributed by atoms with Gasteiger partial charge in [-0.1, -0.05) is 20.3 Å². The molecule has 0 aromatic carbocycles. The predicted octanol–water partition coefficient (Wildman–Crippen LogP) is 2.96. The molecule has 0 saturated heterocycles. The van der Waals surface area contributed by atoms with E-state index in [2.05, 4.69) is 19.2 Å². The number of carbonyl (C=O) groups excluding carboxylic acids is 1. The van der Waals surface area contributed by atoms with Gasteiger partial charge in [-0.05, 0) is 50.4 Å². The van der Waals surface area contributed by atoms with Crippen molar-refractivity contribution in [2.75, 3.05) is 0 Å². The zero-order valence-corrected chi connectivity index (χ0v) is 12.7. The number of carbonyl (C=O) groups is 2. The molecule has 4 heteroatoms. The highest BCUT2D eigenvalue weighted by atomic mass is 16.4. The normalized spacial score (nSPS) is 28.8. The van der Waals surface area contributed by atoms with Crippen molar-refractivity contribution in [2.24, 2.45) is 17.3 Å². The largest absolute Gasteiger partial charge is 0.481 e. The van der Waals surface area contributed by atoms with E-state index in [1.165, 1.54) is 12.8 Å². The van der Waals surface area contributed by atoms with Crippen molar-refractivity contribution in [1.82, 2.24) is 5.32 Å². The molecule has 2 fully saturated rings. The van der Waals surface area contributed by atoms with Crippen molar-refractivity contribution in [3.63, 3.8) is 0 Å². The highest BCUT2D eigenvalue weighted by Crippen LogP contribution is 2.44. The molecule has 4 nitrogen and oxygen atoms in total. The van der Waals surface area contributed by atoms with E-state index >= 15 is 0 Å². The van der Waals surface area contributed by atoms with Gasteiger partial charge in [0.15, 0.2) is 0 Å². The highest BCUT2D eigenvalue weighted by Gasteiger charge is 2.46. The molecule has 2 N–H and O–H groups in total. The Morgan fingerprint density at radius 3 is 2.20 bits per heavy atom. The maximum atomic E-state index is 12.1. The summed E-state index contributed by atoms with van der Waals surface area (Å²) < 4.78 is 0. The first-order valence-electron chi connectivity index (χ1n) is 7.96. The molecule has 0 aromatic heterocycles. The Hall–Kier alpha value is -1.06. The van der Waals surface area contributed by atoms with Gasteiger partial charge in [-0.15, -0.1) is 0 Å². The zero-order valence-electron chi connectivity index (χ0n) is 12.7. The Labute approximate surface area is 121 Å². The molecule has 0 spiro atoms. The number of hydrogen-bond acceptors (Lipinski definition) is 2. The number of aliphatic carboxylic acids is 1. The van der Waals surface area contributed by atoms with Gasteiger partial charge in [0.05, 0.1) is 5.41 Å². The fourth-order valence-electron chi connectivity index (χ4n) is 3.59. The van der Waals surface area contributed by atoms with Crippen molar-refractivity contribution < 1.29 is 14.7 Å². The summed E-state index contributed by atoms with van der Waals surface area (Å²) in [5, 5.41) is 12.3. The van der Waals surface area contributed by atoms with Crippen LogP contribution in [0.25, 0.3) is 0 Å². The molecule has 0 aromatic rings. The molecule has 114 valence electrons. The first kappa shape index (κ1) is 15.3. The van der Waals surface area contributed by atoms with Gasteiger partial charge in [0.25, 0.3) is 0 Å². The summed E-state index contributed by atoms with van der Waals surface area (Å²) >= 11 is 0. The highest BCUT2D eigenvalue weighted by molar-refractivity contribution is 5.85. The Morgan fingerprint density at radius 2 is 1.80 bits per heavy atom. The van der Waals surface area contributed by atoms with Crippen LogP contribution in [0.2, 0.25) is 0 Å². The molecule has 2 saturated carbocycles. The third-order valence-corrected chi connectivity index (χ3v) is 5.34. The lowest BCUT2D eigenvalue weighted by molar-refractivity contribution is -0.157. The lowest BCUT2D eigenvalue weighted by Crippen LogP contribution is -2.45. The van der Waals surface area contributed by atoms with Crippen LogP contribution in [0.15, 0.2) is 0 Å². The van der Waals surface area contributed by atoms with Crippen LogP contribution < -0.4 is 5.32 Å². The number of hydrogen-bond donors (Lipinski definition) is 2. The fourth-order valence-corrected chi connectivity index (χ4v) is 3.59. The van der Waals surface area contributed by atoms with E-state index in [4.69, 9.17) is 0 Å². The summed E-state index contributed by atoms with van der Waals surface area (Å²) in [4.78, 5) is 23.3. The van der Waals surface area contributed by atoms with Gasteiger partial charge in [0, 0.05) is 12.5 Å². The van der Waals surface area contributed by atoms with E-state index in [1.807, 2.05) is 0 Å². The number of carboxylic acid groups (broad SMARTS) is 1. The van der Waals surface area contributed by atoms with Crippen molar-refractivity contribution in [2.45, 2.75) is 71.3 Å². The Morgan fingerprint density at radius 1 is 1.20 bits per heavy atom. The molecule has 2 rings (SSSR count). The number of carboxylic acids is 1. The average molecular weight is 281 g/mol. The van der Waals surface area contributed by atoms with Crippen LogP contribution in [0.5, 0.6) is 0 Å². The lowest BCUT2D eigenvalue weighted by Gasteiger charge is -2.38. The minimum atomic E-state index is -0.803. The number of rotatable bonds is 5. The van der Waals surface area contributed by atoms with Crippen molar-refractivity contribution in [1.29, 1.82) is 0 Å². The molecule has 2 aliphatic rings. The van der Waals surface area contributed by atoms with E-state index in [9.17, 15) is 14.7 Å². The molecule has 1 amide bonds. The third-order valence-electron chi connectivity index (χ3n) is 5.34. The van der Waals surface area contributed by atoms with Crippen LogP contribution in [0.1, 0.15) is 65.2 Å².